The van der Waals surface area contributed by atoms with E-state index in [1.807, 2.05) is 0 Å². The summed E-state index contributed by atoms with van der Waals surface area (Å²) < 4.78 is 32.7. The van der Waals surface area contributed by atoms with E-state index in [1.165, 1.54) is 18.2 Å². The van der Waals surface area contributed by atoms with Gasteiger partial charge in [-0.05, 0) is 44.9 Å². The Labute approximate surface area is 163 Å². The van der Waals surface area contributed by atoms with Crippen molar-refractivity contribution >= 4 is 27.4 Å². The second-order valence-electron chi connectivity index (χ2n) is 6.55. The van der Waals surface area contributed by atoms with Crippen molar-refractivity contribution in [2.75, 3.05) is 10.8 Å². The zero-order valence-electron chi connectivity index (χ0n) is 16.1. The summed E-state index contributed by atoms with van der Waals surface area (Å²) in [6.45, 7) is 6.24. The first-order chi connectivity index (χ1) is 13.0. The molecule has 0 heterocycles. The van der Waals surface area contributed by atoms with Gasteiger partial charge in [-0.15, -0.1) is 0 Å². The summed E-state index contributed by atoms with van der Waals surface area (Å²) in [5, 5.41) is 11.1. The number of aryl methyl sites for hydroxylation is 2. The maximum atomic E-state index is 13.3. The summed E-state index contributed by atoms with van der Waals surface area (Å²) in [6.07, 6.45) is -0.409. The fraction of sp³-hybridized carbons (Fsp3) is 0.316. The van der Waals surface area contributed by atoms with E-state index in [2.05, 4.69) is 0 Å². The van der Waals surface area contributed by atoms with Crippen molar-refractivity contribution in [3.63, 3.8) is 0 Å². The normalized spacial score (nSPS) is 11.3. The highest BCUT2D eigenvalue weighted by atomic mass is 32.2. The first-order valence-electron chi connectivity index (χ1n) is 8.57. The number of hydrogen-bond donors (Lipinski definition) is 0. The van der Waals surface area contributed by atoms with Crippen molar-refractivity contribution in [1.29, 1.82) is 0 Å². The number of anilines is 1. The highest BCUT2D eigenvalue weighted by Gasteiger charge is 2.31. The number of benzene rings is 2. The molecule has 0 N–H and O–H groups in total. The second-order valence-corrected chi connectivity index (χ2v) is 8.41. The van der Waals surface area contributed by atoms with E-state index >= 15 is 0 Å². The number of rotatable bonds is 7. The predicted molar refractivity (Wildman–Crippen MR) is 105 cm³/mol. The van der Waals surface area contributed by atoms with Crippen LogP contribution in [0, 0.1) is 24.0 Å². The number of sulfonamides is 1. The largest absolute Gasteiger partial charge is 0.462 e. The van der Waals surface area contributed by atoms with Crippen LogP contribution in [0.25, 0.3) is 0 Å². The van der Waals surface area contributed by atoms with E-state index in [0.29, 0.717) is 16.8 Å². The molecule has 2 rings (SSSR count). The van der Waals surface area contributed by atoms with Crippen LogP contribution in [0.1, 0.15) is 25.0 Å². The molecule has 0 spiro atoms. The van der Waals surface area contributed by atoms with Gasteiger partial charge in [0.25, 0.3) is 15.7 Å². The van der Waals surface area contributed by atoms with E-state index in [9.17, 15) is 23.3 Å². The fourth-order valence-corrected chi connectivity index (χ4v) is 4.36. The molecule has 0 atom stereocenters. The molecular formula is C19H22N2O6S. The van der Waals surface area contributed by atoms with E-state index in [4.69, 9.17) is 4.74 Å². The van der Waals surface area contributed by atoms with Gasteiger partial charge in [0, 0.05) is 12.1 Å². The molecule has 0 bridgehead atoms. The number of non-ortho nitro benzene ring substituents is 1. The van der Waals surface area contributed by atoms with E-state index < -0.39 is 33.6 Å². The Morgan fingerprint density at radius 1 is 1.14 bits per heavy atom. The van der Waals surface area contributed by atoms with Crippen molar-refractivity contribution in [3.8, 4) is 0 Å². The van der Waals surface area contributed by atoms with Crippen molar-refractivity contribution in [2.24, 2.45) is 0 Å². The molecule has 2 aromatic rings. The Balaban J connectivity index is 2.62. The van der Waals surface area contributed by atoms with Crippen molar-refractivity contribution in [1.82, 2.24) is 0 Å². The zero-order valence-corrected chi connectivity index (χ0v) is 16.9. The van der Waals surface area contributed by atoms with Gasteiger partial charge in [-0.1, -0.05) is 24.3 Å². The van der Waals surface area contributed by atoms with E-state index in [-0.39, 0.29) is 10.6 Å². The summed E-state index contributed by atoms with van der Waals surface area (Å²) >= 11 is 0. The molecular weight excluding hydrogens is 384 g/mol. The Morgan fingerprint density at radius 3 is 2.25 bits per heavy atom. The van der Waals surface area contributed by atoms with Gasteiger partial charge in [-0.25, -0.2) is 8.42 Å². The Morgan fingerprint density at radius 2 is 1.71 bits per heavy atom. The monoisotopic (exact) mass is 406 g/mol. The molecule has 0 saturated heterocycles. The third-order valence-corrected chi connectivity index (χ3v) is 5.69. The van der Waals surface area contributed by atoms with Crippen LogP contribution in [-0.4, -0.2) is 32.0 Å². The quantitative estimate of drug-likeness (QED) is 0.396. The lowest BCUT2D eigenvalue weighted by atomic mass is 10.1. The summed E-state index contributed by atoms with van der Waals surface area (Å²) in [5.74, 6) is -0.716. The minimum Gasteiger partial charge on any atom is -0.462 e. The number of nitro benzene ring substituents is 1. The number of esters is 1. The molecule has 0 amide bonds. The minimum absolute atomic E-state index is 0.276. The van der Waals surface area contributed by atoms with Crippen LogP contribution in [0.3, 0.4) is 0 Å². The molecule has 0 fully saturated rings. The summed E-state index contributed by atoms with van der Waals surface area (Å²) in [7, 11) is -4.26. The first-order valence-corrected chi connectivity index (χ1v) is 10.0. The third-order valence-electron chi connectivity index (χ3n) is 3.95. The zero-order chi connectivity index (χ0) is 21.1. The van der Waals surface area contributed by atoms with Gasteiger partial charge in [0.05, 0.1) is 21.6 Å². The highest BCUT2D eigenvalue weighted by Crippen LogP contribution is 2.31. The first kappa shape index (κ1) is 21.4. The highest BCUT2D eigenvalue weighted by molar-refractivity contribution is 7.92. The smallest absolute Gasteiger partial charge is 0.327 e. The Hall–Kier alpha value is -2.94. The molecule has 0 aliphatic heterocycles. The summed E-state index contributed by atoms with van der Waals surface area (Å²) in [5.41, 5.74) is 1.28. The lowest BCUT2D eigenvalue weighted by Gasteiger charge is -2.27. The van der Waals surface area contributed by atoms with Crippen LogP contribution < -0.4 is 4.31 Å². The molecule has 0 aliphatic rings. The lowest BCUT2D eigenvalue weighted by Crippen LogP contribution is -2.38. The molecule has 2 aromatic carbocycles. The van der Waals surface area contributed by atoms with Crippen LogP contribution in [-0.2, 0) is 19.6 Å². The van der Waals surface area contributed by atoms with E-state index in [1.54, 1.807) is 45.9 Å². The van der Waals surface area contributed by atoms with Gasteiger partial charge in [-0.3, -0.25) is 19.2 Å². The van der Waals surface area contributed by atoms with Crippen LogP contribution in [0.2, 0.25) is 0 Å². The number of hydrogen-bond acceptors (Lipinski definition) is 6. The average Bonchev–Trinajstić information content (AvgIpc) is 2.60. The van der Waals surface area contributed by atoms with Crippen molar-refractivity contribution in [3.05, 3.63) is 63.7 Å². The SMILES string of the molecule is Cc1cccc(C)c1N(CC(=O)OC(C)C)S(=O)(=O)c1cccc([N+](=O)[O-])c1. The van der Waals surface area contributed by atoms with Gasteiger partial charge >= 0.3 is 5.97 Å². The molecule has 28 heavy (non-hydrogen) atoms. The summed E-state index contributed by atoms with van der Waals surface area (Å²) in [4.78, 5) is 22.4. The second kappa shape index (κ2) is 8.39. The Kier molecular flexibility index (Phi) is 6.40. The number of ether oxygens (including phenoxy) is 1. The molecule has 8 nitrogen and oxygen atoms in total. The topological polar surface area (TPSA) is 107 Å². The number of carbonyl (C=O) groups is 1. The predicted octanol–water partition coefficient (Wildman–Crippen LogP) is 3.36. The average molecular weight is 406 g/mol. The molecule has 0 unspecified atom stereocenters. The maximum Gasteiger partial charge on any atom is 0.327 e. The Bertz CT molecular complexity index is 981. The number of carbonyl (C=O) groups excluding carboxylic acids is 1. The van der Waals surface area contributed by atoms with Crippen LogP contribution in [0.15, 0.2) is 47.4 Å². The fourth-order valence-electron chi connectivity index (χ4n) is 2.79. The van der Waals surface area contributed by atoms with Crippen LogP contribution in [0.5, 0.6) is 0 Å². The molecule has 0 saturated carbocycles. The van der Waals surface area contributed by atoms with Gasteiger partial charge < -0.3 is 4.74 Å². The van der Waals surface area contributed by atoms with Crippen LogP contribution in [0.4, 0.5) is 11.4 Å². The minimum atomic E-state index is -4.26. The van der Waals surface area contributed by atoms with E-state index in [0.717, 1.165) is 10.4 Å². The molecule has 0 aliphatic carbocycles. The number of nitrogens with zero attached hydrogens (tertiary/aromatic N) is 2. The van der Waals surface area contributed by atoms with Crippen molar-refractivity contribution < 1.29 is 22.9 Å². The number of nitro groups is 1. The van der Waals surface area contributed by atoms with Gasteiger partial charge in [0.1, 0.15) is 6.54 Å². The third kappa shape index (κ3) is 4.66. The lowest BCUT2D eigenvalue weighted by molar-refractivity contribution is -0.385. The van der Waals surface area contributed by atoms with Crippen LogP contribution >= 0.6 is 0 Å². The maximum absolute atomic E-state index is 13.3. The van der Waals surface area contributed by atoms with Gasteiger partial charge in [0.15, 0.2) is 0 Å². The van der Waals surface area contributed by atoms with Gasteiger partial charge in [0.2, 0.25) is 0 Å². The molecule has 150 valence electrons. The molecule has 0 radical (unpaired) electrons. The summed E-state index contributed by atoms with van der Waals surface area (Å²) in [6, 6.07) is 9.97. The molecule has 0 aromatic heterocycles. The van der Waals surface area contributed by atoms with Crippen molar-refractivity contribution in [2.45, 2.75) is 38.7 Å². The standard InChI is InChI=1S/C19H22N2O6S/c1-13(2)27-18(22)12-20(19-14(3)7-5-8-15(19)4)28(25,26)17-10-6-9-16(11-17)21(23)24/h5-11,13H,12H2,1-4H3. The van der Waals surface area contributed by atoms with Gasteiger partial charge in [-0.2, -0.15) is 0 Å². The molecule has 9 heteroatoms. The number of para-hydroxylation sites is 1.